The zero-order valence-corrected chi connectivity index (χ0v) is 11.2. The number of pyridine rings is 2. The van der Waals surface area contributed by atoms with E-state index < -0.39 is 0 Å². The van der Waals surface area contributed by atoms with Gasteiger partial charge in [0.2, 0.25) is 5.56 Å². The molecule has 0 fully saturated rings. The van der Waals surface area contributed by atoms with Gasteiger partial charge in [-0.3, -0.25) is 14.6 Å². The van der Waals surface area contributed by atoms with Crippen molar-refractivity contribution >= 4 is 16.8 Å². The largest absolute Gasteiger partial charge is 0.347 e. The molecule has 5 nitrogen and oxygen atoms in total. The fourth-order valence-corrected chi connectivity index (χ4v) is 2.16. The van der Waals surface area contributed by atoms with Crippen LogP contribution in [0, 0.1) is 0 Å². The Hall–Kier alpha value is -2.95. The summed E-state index contributed by atoms with van der Waals surface area (Å²) in [7, 11) is 0. The van der Waals surface area contributed by atoms with Crippen molar-refractivity contribution in [1.82, 2.24) is 15.3 Å². The summed E-state index contributed by atoms with van der Waals surface area (Å²) in [6, 6.07) is 14.2. The van der Waals surface area contributed by atoms with Gasteiger partial charge in [0.15, 0.2) is 0 Å². The number of aromatic amines is 1. The standard InChI is InChI=1S/C16H13N3O2/c20-14-8-2-7-13(19-14)16(21)18-10-12-5-1-4-11-6-3-9-17-15(11)12/h1-9H,10H2,(H,18,21)(H,19,20). The van der Waals surface area contributed by atoms with Gasteiger partial charge in [0.1, 0.15) is 5.69 Å². The third-order valence-corrected chi connectivity index (χ3v) is 3.17. The fraction of sp³-hybridized carbons (Fsp3) is 0.0625. The van der Waals surface area contributed by atoms with Crippen LogP contribution in [-0.4, -0.2) is 15.9 Å². The monoisotopic (exact) mass is 279 g/mol. The van der Waals surface area contributed by atoms with Gasteiger partial charge < -0.3 is 10.3 Å². The second-order valence-corrected chi connectivity index (χ2v) is 4.60. The molecule has 21 heavy (non-hydrogen) atoms. The van der Waals surface area contributed by atoms with E-state index in [1.54, 1.807) is 18.3 Å². The van der Waals surface area contributed by atoms with Crippen molar-refractivity contribution in [3.05, 3.63) is 76.3 Å². The molecule has 1 amide bonds. The molecule has 0 atom stereocenters. The number of hydrogen-bond donors (Lipinski definition) is 2. The van der Waals surface area contributed by atoms with Crippen LogP contribution in [0.2, 0.25) is 0 Å². The Morgan fingerprint density at radius 2 is 1.90 bits per heavy atom. The van der Waals surface area contributed by atoms with Crippen molar-refractivity contribution in [2.24, 2.45) is 0 Å². The SMILES string of the molecule is O=C(NCc1cccc2cccnc12)c1cccc(=O)[nH]1. The Kier molecular flexibility index (Phi) is 3.47. The molecule has 1 aromatic carbocycles. The first-order valence-corrected chi connectivity index (χ1v) is 6.54. The summed E-state index contributed by atoms with van der Waals surface area (Å²) in [5.41, 5.74) is 1.74. The number of benzene rings is 1. The van der Waals surface area contributed by atoms with Gasteiger partial charge in [-0.2, -0.15) is 0 Å². The zero-order chi connectivity index (χ0) is 14.7. The number of nitrogens with one attached hydrogen (secondary N) is 2. The van der Waals surface area contributed by atoms with E-state index in [2.05, 4.69) is 15.3 Å². The lowest BCUT2D eigenvalue weighted by molar-refractivity contribution is 0.0946. The molecular weight excluding hydrogens is 266 g/mol. The highest BCUT2D eigenvalue weighted by molar-refractivity contribution is 5.92. The van der Waals surface area contributed by atoms with Crippen molar-refractivity contribution in [3.8, 4) is 0 Å². The van der Waals surface area contributed by atoms with E-state index in [1.807, 2.05) is 30.3 Å². The predicted octanol–water partition coefficient (Wildman–Crippen LogP) is 1.85. The Morgan fingerprint density at radius 3 is 2.76 bits per heavy atom. The molecule has 5 heteroatoms. The highest BCUT2D eigenvalue weighted by Gasteiger charge is 2.07. The van der Waals surface area contributed by atoms with E-state index in [4.69, 9.17) is 0 Å². The second-order valence-electron chi connectivity index (χ2n) is 4.60. The third-order valence-electron chi connectivity index (χ3n) is 3.17. The van der Waals surface area contributed by atoms with E-state index in [-0.39, 0.29) is 17.2 Å². The van der Waals surface area contributed by atoms with Crippen molar-refractivity contribution in [1.29, 1.82) is 0 Å². The van der Waals surface area contributed by atoms with Crippen LogP contribution < -0.4 is 10.9 Å². The number of rotatable bonds is 3. The van der Waals surface area contributed by atoms with Crippen LogP contribution >= 0.6 is 0 Å². The number of para-hydroxylation sites is 1. The Balaban J connectivity index is 1.81. The first kappa shape index (κ1) is 13.1. The van der Waals surface area contributed by atoms with Gasteiger partial charge in [-0.1, -0.05) is 30.3 Å². The summed E-state index contributed by atoms with van der Waals surface area (Å²) in [5, 5.41) is 3.81. The summed E-state index contributed by atoms with van der Waals surface area (Å²) < 4.78 is 0. The average Bonchev–Trinajstić information content (AvgIpc) is 2.52. The maximum Gasteiger partial charge on any atom is 0.268 e. The Labute approximate surface area is 120 Å². The van der Waals surface area contributed by atoms with E-state index in [1.165, 1.54) is 6.07 Å². The molecule has 2 heterocycles. The Bertz CT molecular complexity index is 850. The van der Waals surface area contributed by atoms with Crippen LogP contribution in [0.4, 0.5) is 0 Å². The summed E-state index contributed by atoms with van der Waals surface area (Å²) in [6.45, 7) is 0.351. The van der Waals surface area contributed by atoms with Gasteiger partial charge in [-0.05, 0) is 17.7 Å². The van der Waals surface area contributed by atoms with E-state index in [9.17, 15) is 9.59 Å². The van der Waals surface area contributed by atoms with Crippen molar-refractivity contribution in [2.45, 2.75) is 6.54 Å². The molecule has 0 spiro atoms. The van der Waals surface area contributed by atoms with Crippen LogP contribution in [-0.2, 0) is 6.54 Å². The molecular formula is C16H13N3O2. The summed E-state index contributed by atoms with van der Waals surface area (Å²) in [4.78, 5) is 30.0. The van der Waals surface area contributed by atoms with Crippen molar-refractivity contribution < 1.29 is 4.79 Å². The minimum atomic E-state index is -0.319. The number of hydrogen-bond acceptors (Lipinski definition) is 3. The zero-order valence-electron chi connectivity index (χ0n) is 11.2. The molecule has 0 saturated carbocycles. The molecule has 3 rings (SSSR count). The molecule has 0 aliphatic carbocycles. The predicted molar refractivity (Wildman–Crippen MR) is 80.0 cm³/mol. The number of amides is 1. The van der Waals surface area contributed by atoms with Gasteiger partial charge in [0.05, 0.1) is 5.52 Å². The summed E-state index contributed by atoms with van der Waals surface area (Å²) in [5.74, 6) is -0.319. The molecule has 0 bridgehead atoms. The quantitative estimate of drug-likeness (QED) is 0.768. The number of carbonyl (C=O) groups excluding carboxylic acids is 1. The first-order valence-electron chi connectivity index (χ1n) is 6.54. The molecule has 0 aliphatic rings. The van der Waals surface area contributed by atoms with E-state index in [0.717, 1.165) is 16.5 Å². The summed E-state index contributed by atoms with van der Waals surface area (Å²) in [6.07, 6.45) is 1.72. The van der Waals surface area contributed by atoms with Gasteiger partial charge in [-0.15, -0.1) is 0 Å². The summed E-state index contributed by atoms with van der Waals surface area (Å²) >= 11 is 0. The molecule has 0 saturated heterocycles. The van der Waals surface area contributed by atoms with Crippen LogP contribution in [0.3, 0.4) is 0 Å². The van der Waals surface area contributed by atoms with Crippen LogP contribution in [0.1, 0.15) is 16.1 Å². The normalized spacial score (nSPS) is 10.5. The maximum absolute atomic E-state index is 12.0. The van der Waals surface area contributed by atoms with E-state index in [0.29, 0.717) is 6.54 Å². The molecule has 0 radical (unpaired) electrons. The third kappa shape index (κ3) is 2.81. The number of carbonyl (C=O) groups is 1. The molecule has 2 N–H and O–H groups in total. The molecule has 3 aromatic rings. The highest BCUT2D eigenvalue weighted by atomic mass is 16.2. The molecule has 0 unspecified atom stereocenters. The van der Waals surface area contributed by atoms with Crippen LogP contribution in [0.5, 0.6) is 0 Å². The average molecular weight is 279 g/mol. The topological polar surface area (TPSA) is 74.8 Å². The number of fused-ring (bicyclic) bond motifs is 1. The van der Waals surface area contributed by atoms with Crippen molar-refractivity contribution in [2.75, 3.05) is 0 Å². The van der Waals surface area contributed by atoms with Gasteiger partial charge in [0.25, 0.3) is 5.91 Å². The lowest BCUT2D eigenvalue weighted by Gasteiger charge is -2.07. The van der Waals surface area contributed by atoms with E-state index >= 15 is 0 Å². The highest BCUT2D eigenvalue weighted by Crippen LogP contribution is 2.15. The number of H-pyrrole nitrogens is 1. The lowest BCUT2D eigenvalue weighted by atomic mass is 10.1. The lowest BCUT2D eigenvalue weighted by Crippen LogP contribution is -2.25. The Morgan fingerprint density at radius 1 is 1.10 bits per heavy atom. The van der Waals surface area contributed by atoms with Crippen LogP contribution in [0.25, 0.3) is 10.9 Å². The van der Waals surface area contributed by atoms with Crippen molar-refractivity contribution in [3.63, 3.8) is 0 Å². The number of nitrogens with zero attached hydrogens (tertiary/aromatic N) is 1. The van der Waals surface area contributed by atoms with Crippen LogP contribution in [0.15, 0.2) is 59.5 Å². The first-order chi connectivity index (χ1) is 10.2. The molecule has 0 aliphatic heterocycles. The fourth-order valence-electron chi connectivity index (χ4n) is 2.16. The maximum atomic E-state index is 12.0. The number of aromatic nitrogens is 2. The molecule has 2 aromatic heterocycles. The smallest absolute Gasteiger partial charge is 0.268 e. The van der Waals surface area contributed by atoms with Gasteiger partial charge in [0, 0.05) is 24.2 Å². The van der Waals surface area contributed by atoms with Gasteiger partial charge >= 0.3 is 0 Å². The minimum absolute atomic E-state index is 0.246. The molecule has 104 valence electrons. The second kappa shape index (κ2) is 5.58. The van der Waals surface area contributed by atoms with Gasteiger partial charge in [-0.25, -0.2) is 0 Å². The minimum Gasteiger partial charge on any atom is -0.347 e.